The fourth-order valence-corrected chi connectivity index (χ4v) is 2.87. The molecule has 3 N–H and O–H groups in total. The fourth-order valence-electron chi connectivity index (χ4n) is 2.87. The van der Waals surface area contributed by atoms with E-state index in [1.807, 2.05) is 6.92 Å². The van der Waals surface area contributed by atoms with Crippen LogP contribution in [0, 0.1) is 0 Å². The number of carbonyl (C=O) groups is 3. The number of nitrogens with one attached hydrogen (secondary N) is 2. The van der Waals surface area contributed by atoms with Gasteiger partial charge in [0.05, 0.1) is 31.0 Å². The summed E-state index contributed by atoms with van der Waals surface area (Å²) in [6.45, 7) is 1.98. The number of hydrogen-bond acceptors (Lipinski definition) is 6. The summed E-state index contributed by atoms with van der Waals surface area (Å²) in [5.41, 5.74) is 1.29. The monoisotopic (exact) mass is 395 g/mol. The SMILES string of the molecule is CCOc1cccc(NC(=O)c2ccccc2NC2=CC(=O)N(CCO)C2=O)c1. The molecule has 0 bridgehead atoms. The standard InChI is InChI=1S/C21H21N3O5/c1-2-29-15-7-5-6-14(12-15)22-20(27)16-8-3-4-9-17(16)23-18-13-19(26)24(10-11-25)21(18)28/h3-9,12-13,23,25H,2,10-11H2,1H3,(H,22,27). The van der Waals surface area contributed by atoms with E-state index < -0.39 is 11.8 Å². The second kappa shape index (κ2) is 9.03. The number of anilines is 2. The van der Waals surface area contributed by atoms with Gasteiger partial charge in [-0.25, -0.2) is 0 Å². The van der Waals surface area contributed by atoms with Crippen molar-refractivity contribution in [3.8, 4) is 5.75 Å². The van der Waals surface area contributed by atoms with Crippen molar-refractivity contribution in [3.05, 3.63) is 65.9 Å². The number of aliphatic hydroxyl groups excluding tert-OH is 1. The fraction of sp³-hybridized carbons (Fsp3) is 0.190. The average Bonchev–Trinajstić information content (AvgIpc) is 2.97. The highest BCUT2D eigenvalue weighted by atomic mass is 16.5. The molecule has 150 valence electrons. The van der Waals surface area contributed by atoms with Gasteiger partial charge in [0.15, 0.2) is 0 Å². The Kier molecular flexibility index (Phi) is 6.25. The van der Waals surface area contributed by atoms with Crippen molar-refractivity contribution in [1.82, 2.24) is 4.90 Å². The third-order valence-corrected chi connectivity index (χ3v) is 4.18. The molecule has 0 aromatic heterocycles. The molecule has 0 saturated carbocycles. The third-order valence-electron chi connectivity index (χ3n) is 4.18. The lowest BCUT2D eigenvalue weighted by Crippen LogP contribution is -2.34. The predicted octanol–water partition coefficient (Wildman–Crippen LogP) is 1.99. The third kappa shape index (κ3) is 4.61. The van der Waals surface area contributed by atoms with Gasteiger partial charge >= 0.3 is 0 Å². The topological polar surface area (TPSA) is 108 Å². The zero-order valence-electron chi connectivity index (χ0n) is 15.8. The summed E-state index contributed by atoms with van der Waals surface area (Å²) in [4.78, 5) is 38.0. The van der Waals surface area contributed by atoms with Gasteiger partial charge in [-0.05, 0) is 31.2 Å². The predicted molar refractivity (Wildman–Crippen MR) is 108 cm³/mol. The Balaban J connectivity index is 1.78. The van der Waals surface area contributed by atoms with E-state index in [-0.39, 0.29) is 24.8 Å². The summed E-state index contributed by atoms with van der Waals surface area (Å²) < 4.78 is 5.43. The maximum atomic E-state index is 12.8. The Bertz CT molecular complexity index is 970. The van der Waals surface area contributed by atoms with E-state index in [9.17, 15) is 14.4 Å². The van der Waals surface area contributed by atoms with E-state index in [0.29, 0.717) is 29.3 Å². The van der Waals surface area contributed by atoms with Crippen molar-refractivity contribution in [3.63, 3.8) is 0 Å². The van der Waals surface area contributed by atoms with Crippen LogP contribution in [0.4, 0.5) is 11.4 Å². The number of imide groups is 1. The van der Waals surface area contributed by atoms with Crippen molar-refractivity contribution < 1.29 is 24.2 Å². The molecule has 2 aromatic rings. The second-order valence-corrected chi connectivity index (χ2v) is 6.16. The number of rotatable bonds is 8. The van der Waals surface area contributed by atoms with Crippen LogP contribution in [-0.2, 0) is 9.59 Å². The van der Waals surface area contributed by atoms with Gasteiger partial charge in [0, 0.05) is 17.8 Å². The molecule has 0 unspecified atom stereocenters. The van der Waals surface area contributed by atoms with E-state index in [1.165, 1.54) is 0 Å². The minimum absolute atomic E-state index is 0.0436. The van der Waals surface area contributed by atoms with Crippen LogP contribution in [0.3, 0.4) is 0 Å². The number of β-amino-alcohol motifs (C(OH)–C–C–N with tert-alkyl or cyclic N) is 1. The number of amides is 3. The van der Waals surface area contributed by atoms with Crippen molar-refractivity contribution in [2.45, 2.75) is 6.92 Å². The van der Waals surface area contributed by atoms with Gasteiger partial charge in [-0.15, -0.1) is 0 Å². The summed E-state index contributed by atoms with van der Waals surface area (Å²) in [5, 5.41) is 14.7. The molecule has 0 spiro atoms. The number of aliphatic hydroxyl groups is 1. The molecule has 0 radical (unpaired) electrons. The minimum Gasteiger partial charge on any atom is -0.494 e. The van der Waals surface area contributed by atoms with E-state index in [2.05, 4.69) is 10.6 Å². The van der Waals surface area contributed by atoms with Crippen LogP contribution in [0.2, 0.25) is 0 Å². The van der Waals surface area contributed by atoms with E-state index in [1.54, 1.807) is 48.5 Å². The Morgan fingerprint density at radius 2 is 1.93 bits per heavy atom. The smallest absolute Gasteiger partial charge is 0.277 e. The molecule has 1 heterocycles. The molecule has 3 rings (SSSR count). The van der Waals surface area contributed by atoms with Crippen LogP contribution >= 0.6 is 0 Å². The van der Waals surface area contributed by atoms with E-state index >= 15 is 0 Å². The number of carbonyl (C=O) groups excluding carboxylic acids is 3. The average molecular weight is 395 g/mol. The van der Waals surface area contributed by atoms with Crippen LogP contribution in [0.25, 0.3) is 0 Å². The number of nitrogens with zero attached hydrogens (tertiary/aromatic N) is 1. The molecule has 1 aliphatic heterocycles. The van der Waals surface area contributed by atoms with Gasteiger partial charge in [-0.3, -0.25) is 19.3 Å². The number of hydrogen-bond donors (Lipinski definition) is 3. The molecule has 3 amide bonds. The van der Waals surface area contributed by atoms with Crippen LogP contribution in [0.1, 0.15) is 17.3 Å². The number of para-hydroxylation sites is 1. The van der Waals surface area contributed by atoms with Crippen molar-refractivity contribution in [2.24, 2.45) is 0 Å². The van der Waals surface area contributed by atoms with Gasteiger partial charge in [-0.1, -0.05) is 18.2 Å². The van der Waals surface area contributed by atoms with Gasteiger partial charge in [0.25, 0.3) is 17.7 Å². The maximum Gasteiger partial charge on any atom is 0.277 e. The largest absolute Gasteiger partial charge is 0.494 e. The van der Waals surface area contributed by atoms with Crippen molar-refractivity contribution in [2.75, 3.05) is 30.4 Å². The Morgan fingerprint density at radius 1 is 1.14 bits per heavy atom. The van der Waals surface area contributed by atoms with E-state index in [4.69, 9.17) is 9.84 Å². The Morgan fingerprint density at radius 3 is 2.69 bits per heavy atom. The van der Waals surface area contributed by atoms with Crippen LogP contribution in [0.15, 0.2) is 60.3 Å². The van der Waals surface area contributed by atoms with Crippen LogP contribution in [0.5, 0.6) is 5.75 Å². The highest BCUT2D eigenvalue weighted by Gasteiger charge is 2.31. The molecular formula is C21H21N3O5. The molecule has 0 fully saturated rings. The minimum atomic E-state index is -0.552. The first-order valence-corrected chi connectivity index (χ1v) is 9.12. The summed E-state index contributed by atoms with van der Waals surface area (Å²) in [5.74, 6) is -0.808. The van der Waals surface area contributed by atoms with Crippen LogP contribution in [-0.4, -0.2) is 47.5 Å². The normalized spacial score (nSPS) is 13.3. The molecule has 0 aliphatic carbocycles. The maximum absolute atomic E-state index is 12.8. The first kappa shape index (κ1) is 20.1. The molecule has 0 saturated heterocycles. The van der Waals surface area contributed by atoms with Gasteiger partial charge in [0.2, 0.25) is 0 Å². The molecule has 29 heavy (non-hydrogen) atoms. The quantitative estimate of drug-likeness (QED) is 0.590. The lowest BCUT2D eigenvalue weighted by molar-refractivity contribution is -0.137. The number of ether oxygens (including phenoxy) is 1. The van der Waals surface area contributed by atoms with Gasteiger partial charge < -0.3 is 20.5 Å². The summed E-state index contributed by atoms with van der Waals surface area (Å²) in [6.07, 6.45) is 1.15. The molecule has 1 aliphatic rings. The first-order chi connectivity index (χ1) is 14.0. The molecular weight excluding hydrogens is 374 g/mol. The molecule has 8 nitrogen and oxygen atoms in total. The summed E-state index contributed by atoms with van der Waals surface area (Å²) >= 11 is 0. The Hall–Kier alpha value is -3.65. The lowest BCUT2D eigenvalue weighted by Gasteiger charge is -2.15. The summed E-state index contributed by atoms with van der Waals surface area (Å²) in [6, 6.07) is 13.7. The lowest BCUT2D eigenvalue weighted by atomic mass is 10.1. The number of benzene rings is 2. The Labute approximate surface area is 167 Å². The zero-order valence-corrected chi connectivity index (χ0v) is 15.8. The van der Waals surface area contributed by atoms with Gasteiger partial charge in [-0.2, -0.15) is 0 Å². The van der Waals surface area contributed by atoms with E-state index in [0.717, 1.165) is 11.0 Å². The van der Waals surface area contributed by atoms with Crippen LogP contribution < -0.4 is 15.4 Å². The van der Waals surface area contributed by atoms with Crippen molar-refractivity contribution in [1.29, 1.82) is 0 Å². The molecule has 8 heteroatoms. The van der Waals surface area contributed by atoms with Gasteiger partial charge in [0.1, 0.15) is 11.4 Å². The molecule has 0 atom stereocenters. The second-order valence-electron chi connectivity index (χ2n) is 6.16. The highest BCUT2D eigenvalue weighted by molar-refractivity contribution is 6.18. The van der Waals surface area contributed by atoms with Crippen molar-refractivity contribution >= 4 is 29.1 Å². The summed E-state index contributed by atoms with van der Waals surface area (Å²) in [7, 11) is 0. The zero-order chi connectivity index (χ0) is 20.8. The first-order valence-electron chi connectivity index (χ1n) is 9.12. The molecule has 2 aromatic carbocycles. The highest BCUT2D eigenvalue weighted by Crippen LogP contribution is 2.23.